The molecule has 0 N–H and O–H groups in total. The molecule has 0 aromatic carbocycles. The molecule has 0 radical (unpaired) electrons. The molecule has 1 rings (SSSR count). The van der Waals surface area contributed by atoms with Crippen molar-refractivity contribution in [2.24, 2.45) is 11.8 Å². The molecule has 0 bridgehead atoms. The zero-order valence-corrected chi connectivity index (χ0v) is 8.71. The standard InChI is InChI=1S/C11H20O2/c1-3-10(11(12)13-4-2)9-7-5-6-8-9/h9-10H,3-8H2,1-2H3/t10-/m0/s1. The smallest absolute Gasteiger partial charge is 0.309 e. The van der Waals surface area contributed by atoms with E-state index in [4.69, 9.17) is 4.74 Å². The fraction of sp³-hybridized carbons (Fsp3) is 0.909. The lowest BCUT2D eigenvalue weighted by Crippen LogP contribution is -2.23. The van der Waals surface area contributed by atoms with Crippen LogP contribution in [-0.4, -0.2) is 12.6 Å². The lowest BCUT2D eigenvalue weighted by Gasteiger charge is -2.19. The van der Waals surface area contributed by atoms with Gasteiger partial charge in [0.25, 0.3) is 0 Å². The van der Waals surface area contributed by atoms with E-state index in [1.54, 1.807) is 0 Å². The van der Waals surface area contributed by atoms with Gasteiger partial charge >= 0.3 is 5.97 Å². The molecule has 0 amide bonds. The van der Waals surface area contributed by atoms with Gasteiger partial charge in [0.05, 0.1) is 12.5 Å². The minimum Gasteiger partial charge on any atom is -0.466 e. The van der Waals surface area contributed by atoms with Crippen molar-refractivity contribution in [1.82, 2.24) is 0 Å². The average molecular weight is 184 g/mol. The number of hydrogen-bond acceptors (Lipinski definition) is 2. The summed E-state index contributed by atoms with van der Waals surface area (Å²) in [6, 6.07) is 0. The first kappa shape index (κ1) is 10.6. The first-order chi connectivity index (χ1) is 6.29. The Balaban J connectivity index is 2.44. The van der Waals surface area contributed by atoms with Gasteiger partial charge in [-0.25, -0.2) is 0 Å². The minimum atomic E-state index is 0.0249. The van der Waals surface area contributed by atoms with Crippen molar-refractivity contribution in [2.75, 3.05) is 6.61 Å². The van der Waals surface area contributed by atoms with Gasteiger partial charge in [-0.2, -0.15) is 0 Å². The first-order valence-electron chi connectivity index (χ1n) is 5.46. The molecule has 0 heterocycles. The summed E-state index contributed by atoms with van der Waals surface area (Å²) in [4.78, 5) is 11.5. The van der Waals surface area contributed by atoms with Crippen LogP contribution in [0.5, 0.6) is 0 Å². The van der Waals surface area contributed by atoms with E-state index in [0.717, 1.165) is 6.42 Å². The molecule has 76 valence electrons. The van der Waals surface area contributed by atoms with Gasteiger partial charge in [0, 0.05) is 0 Å². The Morgan fingerprint density at radius 3 is 2.46 bits per heavy atom. The molecule has 1 aliphatic carbocycles. The third-order valence-electron chi connectivity index (χ3n) is 3.00. The highest BCUT2D eigenvalue weighted by Gasteiger charge is 2.29. The van der Waals surface area contributed by atoms with E-state index in [1.165, 1.54) is 25.7 Å². The van der Waals surface area contributed by atoms with E-state index in [0.29, 0.717) is 12.5 Å². The molecule has 1 aliphatic rings. The SMILES string of the molecule is CCOC(=O)[C@@H](CC)C1CCCC1. The number of carbonyl (C=O) groups excluding carboxylic acids is 1. The van der Waals surface area contributed by atoms with Gasteiger partial charge in [-0.3, -0.25) is 4.79 Å². The number of hydrogen-bond donors (Lipinski definition) is 0. The highest BCUT2D eigenvalue weighted by atomic mass is 16.5. The molecule has 0 aromatic rings. The summed E-state index contributed by atoms with van der Waals surface area (Å²) in [5, 5.41) is 0. The summed E-state index contributed by atoms with van der Waals surface area (Å²) in [7, 11) is 0. The van der Waals surface area contributed by atoms with Crippen LogP contribution in [0.25, 0.3) is 0 Å². The van der Waals surface area contributed by atoms with Crippen LogP contribution in [0.1, 0.15) is 46.0 Å². The van der Waals surface area contributed by atoms with Crippen LogP contribution in [0.15, 0.2) is 0 Å². The van der Waals surface area contributed by atoms with Gasteiger partial charge in [-0.1, -0.05) is 19.8 Å². The third-order valence-corrected chi connectivity index (χ3v) is 3.00. The Kier molecular flexibility index (Phi) is 4.26. The van der Waals surface area contributed by atoms with Gasteiger partial charge in [0.2, 0.25) is 0 Å². The van der Waals surface area contributed by atoms with E-state index in [9.17, 15) is 4.79 Å². The van der Waals surface area contributed by atoms with Crippen molar-refractivity contribution < 1.29 is 9.53 Å². The Labute approximate surface area is 80.7 Å². The fourth-order valence-electron chi connectivity index (χ4n) is 2.30. The summed E-state index contributed by atoms with van der Waals surface area (Å²) in [5.41, 5.74) is 0. The van der Waals surface area contributed by atoms with Crippen molar-refractivity contribution in [3.63, 3.8) is 0 Å². The molecule has 0 spiro atoms. The predicted molar refractivity (Wildman–Crippen MR) is 52.4 cm³/mol. The summed E-state index contributed by atoms with van der Waals surface area (Å²) >= 11 is 0. The molecule has 1 fully saturated rings. The van der Waals surface area contributed by atoms with Crippen LogP contribution in [0.2, 0.25) is 0 Å². The molecule has 0 unspecified atom stereocenters. The number of ether oxygens (including phenoxy) is 1. The van der Waals surface area contributed by atoms with Gasteiger partial charge in [-0.05, 0) is 32.1 Å². The molecular formula is C11H20O2. The molecule has 0 saturated heterocycles. The van der Waals surface area contributed by atoms with Crippen LogP contribution in [-0.2, 0) is 9.53 Å². The van der Waals surface area contributed by atoms with Crippen molar-refractivity contribution in [3.05, 3.63) is 0 Å². The number of rotatable bonds is 4. The number of carbonyl (C=O) groups is 1. The summed E-state index contributed by atoms with van der Waals surface area (Å²) in [5.74, 6) is 0.795. The van der Waals surface area contributed by atoms with Crippen molar-refractivity contribution in [1.29, 1.82) is 0 Å². The largest absolute Gasteiger partial charge is 0.466 e. The maximum atomic E-state index is 11.5. The Bertz CT molecular complexity index is 159. The van der Waals surface area contributed by atoms with Crippen LogP contribution in [0.3, 0.4) is 0 Å². The predicted octanol–water partition coefficient (Wildman–Crippen LogP) is 2.77. The monoisotopic (exact) mass is 184 g/mol. The summed E-state index contributed by atoms with van der Waals surface area (Å²) < 4.78 is 5.07. The molecular weight excluding hydrogens is 164 g/mol. The minimum absolute atomic E-state index is 0.0249. The van der Waals surface area contributed by atoms with Gasteiger partial charge in [-0.15, -0.1) is 0 Å². The lowest BCUT2D eigenvalue weighted by atomic mass is 9.89. The molecule has 2 heteroatoms. The lowest BCUT2D eigenvalue weighted by molar-refractivity contribution is -0.150. The fourth-order valence-corrected chi connectivity index (χ4v) is 2.30. The van der Waals surface area contributed by atoms with Crippen molar-refractivity contribution >= 4 is 5.97 Å². The van der Waals surface area contributed by atoms with Crippen molar-refractivity contribution in [3.8, 4) is 0 Å². The van der Waals surface area contributed by atoms with E-state index >= 15 is 0 Å². The maximum Gasteiger partial charge on any atom is 0.309 e. The second kappa shape index (κ2) is 5.25. The zero-order valence-electron chi connectivity index (χ0n) is 8.71. The van der Waals surface area contributed by atoms with Crippen LogP contribution in [0.4, 0.5) is 0 Å². The topological polar surface area (TPSA) is 26.3 Å². The highest BCUT2D eigenvalue weighted by molar-refractivity contribution is 5.72. The van der Waals surface area contributed by atoms with E-state index < -0.39 is 0 Å². The average Bonchev–Trinajstić information content (AvgIpc) is 2.59. The van der Waals surface area contributed by atoms with Gasteiger partial charge < -0.3 is 4.74 Å². The first-order valence-corrected chi connectivity index (χ1v) is 5.46. The van der Waals surface area contributed by atoms with Crippen LogP contribution < -0.4 is 0 Å². The second-order valence-electron chi connectivity index (χ2n) is 3.81. The van der Waals surface area contributed by atoms with Crippen LogP contribution in [0, 0.1) is 11.8 Å². The second-order valence-corrected chi connectivity index (χ2v) is 3.81. The van der Waals surface area contributed by atoms with Crippen molar-refractivity contribution in [2.45, 2.75) is 46.0 Å². The molecule has 13 heavy (non-hydrogen) atoms. The maximum absolute atomic E-state index is 11.5. The molecule has 0 aromatic heterocycles. The van der Waals surface area contributed by atoms with E-state index in [2.05, 4.69) is 6.92 Å². The Hall–Kier alpha value is -0.530. The normalized spacial score (nSPS) is 20.2. The molecule has 0 aliphatic heterocycles. The van der Waals surface area contributed by atoms with E-state index in [-0.39, 0.29) is 11.9 Å². The summed E-state index contributed by atoms with van der Waals surface area (Å²) in [6.07, 6.45) is 5.96. The highest BCUT2D eigenvalue weighted by Crippen LogP contribution is 2.33. The Morgan fingerprint density at radius 2 is 2.00 bits per heavy atom. The van der Waals surface area contributed by atoms with Gasteiger partial charge in [0.15, 0.2) is 0 Å². The quantitative estimate of drug-likeness (QED) is 0.628. The molecule has 1 saturated carbocycles. The zero-order chi connectivity index (χ0) is 9.68. The van der Waals surface area contributed by atoms with Crippen LogP contribution >= 0.6 is 0 Å². The third kappa shape index (κ3) is 2.71. The van der Waals surface area contributed by atoms with Gasteiger partial charge in [0.1, 0.15) is 0 Å². The van der Waals surface area contributed by atoms with E-state index in [1.807, 2.05) is 6.92 Å². The number of esters is 1. The molecule has 1 atom stereocenters. The summed E-state index contributed by atoms with van der Waals surface area (Å²) in [6.45, 7) is 4.47. The Morgan fingerprint density at radius 1 is 1.38 bits per heavy atom. The molecule has 2 nitrogen and oxygen atoms in total.